The summed E-state index contributed by atoms with van der Waals surface area (Å²) >= 11 is 1.54. The van der Waals surface area contributed by atoms with Crippen LogP contribution in [0, 0.1) is 19.9 Å². The van der Waals surface area contributed by atoms with Crippen LogP contribution in [0.1, 0.15) is 11.4 Å². The Morgan fingerprint density at radius 2 is 1.87 bits per heavy atom. The second-order valence-electron chi connectivity index (χ2n) is 3.26. The summed E-state index contributed by atoms with van der Waals surface area (Å²) in [5, 5.41) is 0.787. The molecule has 1 aromatic heterocycles. The predicted molar refractivity (Wildman–Crippen MR) is 60.9 cm³/mol. The van der Waals surface area contributed by atoms with Crippen LogP contribution < -0.4 is 0 Å². The Kier molecular flexibility index (Phi) is 3.02. The Labute approximate surface area is 93.8 Å². The molecule has 0 fully saturated rings. The summed E-state index contributed by atoms with van der Waals surface area (Å²) in [6.07, 6.45) is 0. The molecule has 1 heterocycles. The zero-order chi connectivity index (χ0) is 10.7. The van der Waals surface area contributed by atoms with Crippen molar-refractivity contribution in [2.24, 2.45) is 0 Å². The van der Waals surface area contributed by atoms with Crippen molar-refractivity contribution in [3.8, 4) is 0 Å². The van der Waals surface area contributed by atoms with Crippen molar-refractivity contribution >= 4 is 11.8 Å². The second-order valence-corrected chi connectivity index (χ2v) is 4.27. The first-order chi connectivity index (χ1) is 7.24. The van der Waals surface area contributed by atoms with E-state index in [2.05, 4.69) is 16.0 Å². The van der Waals surface area contributed by atoms with Gasteiger partial charge in [-0.25, -0.2) is 9.97 Å². The van der Waals surface area contributed by atoms with E-state index in [0.717, 1.165) is 21.4 Å². The van der Waals surface area contributed by atoms with Crippen LogP contribution in [-0.4, -0.2) is 9.97 Å². The van der Waals surface area contributed by atoms with Crippen molar-refractivity contribution in [1.29, 1.82) is 0 Å². The minimum absolute atomic E-state index is 0.787. The van der Waals surface area contributed by atoms with Gasteiger partial charge in [0.1, 0.15) is 0 Å². The van der Waals surface area contributed by atoms with Gasteiger partial charge in [-0.1, -0.05) is 18.2 Å². The second kappa shape index (κ2) is 4.45. The topological polar surface area (TPSA) is 25.8 Å². The van der Waals surface area contributed by atoms with Crippen molar-refractivity contribution in [2.75, 3.05) is 0 Å². The highest BCUT2D eigenvalue weighted by Gasteiger charge is 2.01. The molecular weight excluding hydrogens is 204 g/mol. The van der Waals surface area contributed by atoms with Gasteiger partial charge in [0.05, 0.1) is 0 Å². The first kappa shape index (κ1) is 10.2. The fourth-order valence-electron chi connectivity index (χ4n) is 1.28. The highest BCUT2D eigenvalue weighted by atomic mass is 32.2. The molecule has 0 amide bonds. The Bertz CT molecular complexity index is 434. The Morgan fingerprint density at radius 3 is 2.47 bits per heavy atom. The molecule has 3 heteroatoms. The van der Waals surface area contributed by atoms with Gasteiger partial charge in [-0.3, -0.25) is 0 Å². The van der Waals surface area contributed by atoms with Crippen LogP contribution >= 0.6 is 11.8 Å². The van der Waals surface area contributed by atoms with Gasteiger partial charge < -0.3 is 0 Å². The summed E-state index contributed by atoms with van der Waals surface area (Å²) in [6, 6.07) is 12.9. The van der Waals surface area contributed by atoms with Gasteiger partial charge in [0, 0.05) is 16.3 Å². The van der Waals surface area contributed by atoms with E-state index in [1.807, 2.05) is 44.2 Å². The number of rotatable bonds is 2. The molecule has 0 unspecified atom stereocenters. The molecule has 0 spiro atoms. The summed E-state index contributed by atoms with van der Waals surface area (Å²) in [5.41, 5.74) is 2.00. The van der Waals surface area contributed by atoms with Gasteiger partial charge in [-0.2, -0.15) is 0 Å². The Balaban J connectivity index is 2.25. The average molecular weight is 215 g/mol. The lowest BCUT2D eigenvalue weighted by Gasteiger charge is -2.01. The minimum Gasteiger partial charge on any atom is -0.228 e. The molecule has 2 rings (SSSR count). The quantitative estimate of drug-likeness (QED) is 0.720. The molecule has 0 aliphatic carbocycles. The Morgan fingerprint density at radius 1 is 1.13 bits per heavy atom. The number of hydrogen-bond acceptors (Lipinski definition) is 3. The maximum Gasteiger partial charge on any atom is 0.192 e. The van der Waals surface area contributed by atoms with Crippen molar-refractivity contribution in [2.45, 2.75) is 23.9 Å². The highest BCUT2D eigenvalue weighted by Crippen LogP contribution is 2.23. The van der Waals surface area contributed by atoms with Crippen molar-refractivity contribution in [3.05, 3.63) is 47.8 Å². The molecule has 1 radical (unpaired) electrons. The van der Waals surface area contributed by atoms with Crippen LogP contribution in [0.2, 0.25) is 0 Å². The molecule has 0 saturated heterocycles. The normalized spacial score (nSPS) is 10.3. The summed E-state index contributed by atoms with van der Waals surface area (Å²) in [5.74, 6) is 0. The van der Waals surface area contributed by atoms with Gasteiger partial charge in [0.2, 0.25) is 0 Å². The number of hydrogen-bond donors (Lipinski definition) is 0. The first-order valence-electron chi connectivity index (χ1n) is 4.71. The van der Waals surface area contributed by atoms with Gasteiger partial charge in [-0.05, 0) is 43.8 Å². The maximum atomic E-state index is 4.36. The molecular formula is C12H11N2S. The smallest absolute Gasteiger partial charge is 0.192 e. The van der Waals surface area contributed by atoms with Crippen molar-refractivity contribution in [1.82, 2.24) is 9.97 Å². The molecule has 2 aromatic rings. The zero-order valence-electron chi connectivity index (χ0n) is 8.69. The first-order valence-corrected chi connectivity index (χ1v) is 5.52. The van der Waals surface area contributed by atoms with E-state index in [0.29, 0.717) is 0 Å². The third kappa shape index (κ3) is 2.80. The van der Waals surface area contributed by atoms with Gasteiger partial charge in [-0.15, -0.1) is 0 Å². The summed E-state index contributed by atoms with van der Waals surface area (Å²) in [7, 11) is 0. The van der Waals surface area contributed by atoms with Crippen LogP contribution in [0.4, 0.5) is 0 Å². The Hall–Kier alpha value is -1.35. The molecule has 0 saturated carbocycles. The molecule has 75 valence electrons. The fraction of sp³-hybridized carbons (Fsp3) is 0.167. The van der Waals surface area contributed by atoms with E-state index in [-0.39, 0.29) is 0 Å². The van der Waals surface area contributed by atoms with Crippen LogP contribution in [0.5, 0.6) is 0 Å². The van der Waals surface area contributed by atoms with Crippen LogP contribution in [0.3, 0.4) is 0 Å². The summed E-state index contributed by atoms with van der Waals surface area (Å²) in [6.45, 7) is 3.96. The predicted octanol–water partition coefficient (Wildman–Crippen LogP) is 3.04. The lowest BCUT2D eigenvalue weighted by Crippen LogP contribution is -1.92. The average Bonchev–Trinajstić information content (AvgIpc) is 2.17. The zero-order valence-corrected chi connectivity index (χ0v) is 9.51. The van der Waals surface area contributed by atoms with E-state index in [4.69, 9.17) is 0 Å². The molecule has 0 N–H and O–H groups in total. The van der Waals surface area contributed by atoms with Gasteiger partial charge in [0.25, 0.3) is 0 Å². The van der Waals surface area contributed by atoms with Crippen molar-refractivity contribution < 1.29 is 0 Å². The molecule has 0 aliphatic heterocycles. The fourth-order valence-corrected chi connectivity index (χ4v) is 2.13. The summed E-state index contributed by atoms with van der Waals surface area (Å²) < 4.78 is 0. The van der Waals surface area contributed by atoms with E-state index in [1.165, 1.54) is 11.8 Å². The monoisotopic (exact) mass is 215 g/mol. The van der Waals surface area contributed by atoms with Gasteiger partial charge >= 0.3 is 0 Å². The van der Waals surface area contributed by atoms with Gasteiger partial charge in [0.15, 0.2) is 5.16 Å². The van der Waals surface area contributed by atoms with E-state index < -0.39 is 0 Å². The van der Waals surface area contributed by atoms with Crippen LogP contribution in [0.15, 0.2) is 40.4 Å². The minimum atomic E-state index is 0.787. The molecule has 2 nitrogen and oxygen atoms in total. The number of aryl methyl sites for hydroxylation is 2. The molecule has 0 atom stereocenters. The van der Waals surface area contributed by atoms with E-state index in [1.54, 1.807) is 0 Å². The third-order valence-corrected chi connectivity index (χ3v) is 2.68. The third-order valence-electron chi connectivity index (χ3n) is 1.84. The number of aromatic nitrogens is 2. The summed E-state index contributed by atoms with van der Waals surface area (Å²) in [4.78, 5) is 9.77. The largest absolute Gasteiger partial charge is 0.228 e. The molecule has 0 bridgehead atoms. The van der Waals surface area contributed by atoms with Crippen LogP contribution in [-0.2, 0) is 0 Å². The van der Waals surface area contributed by atoms with Crippen molar-refractivity contribution in [3.63, 3.8) is 0 Å². The molecule has 15 heavy (non-hydrogen) atoms. The molecule has 0 aliphatic rings. The molecule has 1 aromatic carbocycles. The van der Waals surface area contributed by atoms with Crippen LogP contribution in [0.25, 0.3) is 0 Å². The number of benzene rings is 1. The lowest BCUT2D eigenvalue weighted by molar-refractivity contribution is 0.902. The van der Waals surface area contributed by atoms with E-state index in [9.17, 15) is 0 Å². The lowest BCUT2D eigenvalue weighted by atomic mass is 10.4. The number of nitrogens with zero attached hydrogens (tertiary/aromatic N) is 2. The SMILES string of the molecule is Cc1cc(C)nc(Sc2[c]cccc2)n1. The van der Waals surface area contributed by atoms with E-state index >= 15 is 0 Å². The highest BCUT2D eigenvalue weighted by molar-refractivity contribution is 7.99. The maximum absolute atomic E-state index is 4.36. The standard InChI is InChI=1S/C12H11N2S/c1-9-8-10(2)14-12(13-9)15-11-6-4-3-5-7-11/h3-6,8H,1-2H3.